The molecule has 6 aliphatic heterocycles. The van der Waals surface area contributed by atoms with Crippen LogP contribution in [-0.4, -0.2) is 194 Å². The number of methoxy groups -OCH3 is 3. The van der Waals surface area contributed by atoms with Crippen LogP contribution in [0.1, 0.15) is 163 Å². The zero-order valence-electron chi connectivity index (χ0n) is 63.2. The van der Waals surface area contributed by atoms with Gasteiger partial charge in [0.2, 0.25) is 20.8 Å². The standard InChI is InChI=1S/C19H19NO5S.C18H18N2O4S.C14H12BrNO4S.C13H8BrNO4S.C5H8O.2C4H8O.CH3.BrH.Mg/c1-18(2,22)8-7-11-5-6-13-12(9-11)14-15(19(3,23)10-25-13)26-16(20-14)17(21)24-4;1-17(2,22)7-6-10-4-5-12-11(8-10)13-14(18(3,23)9-24-12)25-16(20-13)15(19)21;1-14(18)6-20-9-4-3-7(15)5-8(9)10-11(14)21-12(16-10)13(17)19-2;1-18-13(17)12-15-10-7-4-6(14)2-3-9(7)19-5-8(16)11(10)20-12;1-4-5(2,3)6;2*1-2-4-5-3-1;;;/h5-6,9,22-23H,10H2,1-4H3;4-5,8,22-23H,9H2,1-3H3,(H2,19,21);3-5,18H,6H2,1-2H3;2-4H,5H2,1H3;1,6H,2-3H3;2*1-4H2;1H3;1H;/q;;;;;;;-1;;+2/p-1. The predicted molar refractivity (Wildman–Crippen MR) is 427 cm³/mol. The number of halogens is 3. The summed E-state index contributed by atoms with van der Waals surface area (Å²) in [6, 6.07) is 21.5. The van der Waals surface area contributed by atoms with Crippen molar-refractivity contribution in [2.45, 2.75) is 122 Å². The molecule has 4 aromatic carbocycles. The SMILES string of the molecule is C#CC(C)(C)O.C1CCOC1.C1CCOC1.CC(C)(O)C#Cc1ccc2c(c1)-c1nc(C(N)=O)sc1C(C)(O)CO2.COC(=O)c1nc2c(s1)C(=O)COc1ccc(Br)cc1-2.COC(=O)c1nc2c(s1)C(C)(O)COc1ccc(Br)cc1-2.COC(=O)c1nc2c(s1)C(C)(O)COc1ccc(C#CC(C)(C)O)cc1-2.[Br-].[CH3-].[Mg+2]. The summed E-state index contributed by atoms with van der Waals surface area (Å²) in [6.45, 7) is 18.5. The van der Waals surface area contributed by atoms with E-state index in [0.29, 0.717) is 93.1 Å². The molecule has 111 heavy (non-hydrogen) atoms. The van der Waals surface area contributed by atoms with Crippen LogP contribution in [0.25, 0.3) is 45.0 Å². The van der Waals surface area contributed by atoms with E-state index >= 15 is 0 Å². The van der Waals surface area contributed by atoms with E-state index in [1.54, 1.807) is 105 Å². The molecular weight excluding hydrogens is 1720 g/mol. The van der Waals surface area contributed by atoms with E-state index in [-0.39, 0.29) is 99.7 Å². The number of esters is 3. The van der Waals surface area contributed by atoms with Crippen molar-refractivity contribution in [3.8, 4) is 104 Å². The van der Waals surface area contributed by atoms with Gasteiger partial charge < -0.3 is 103 Å². The maximum absolute atomic E-state index is 12.1. The molecule has 1 amide bonds. The first kappa shape index (κ1) is 94.3. The van der Waals surface area contributed by atoms with Crippen molar-refractivity contribution in [3.05, 3.63) is 140 Å². The van der Waals surface area contributed by atoms with Crippen LogP contribution in [0.4, 0.5) is 0 Å². The van der Waals surface area contributed by atoms with E-state index in [4.69, 9.17) is 55.2 Å². The van der Waals surface area contributed by atoms with Crippen molar-refractivity contribution in [1.82, 2.24) is 19.9 Å². The number of rotatable bonds is 4. The minimum absolute atomic E-state index is 0. The number of Topliss-reactive ketones (excluding diaryl/α,β-unsaturated/α-hetero) is 1. The van der Waals surface area contributed by atoms with Crippen LogP contribution in [0, 0.1) is 43.5 Å². The number of hydrogen-bond acceptors (Lipinski definition) is 28. The van der Waals surface area contributed by atoms with Gasteiger partial charge in [0.25, 0.3) is 5.91 Å². The molecule has 8 aromatic rings. The van der Waals surface area contributed by atoms with Gasteiger partial charge >= 0.3 is 41.0 Å². The number of thiazole rings is 4. The Kier molecular flexibility index (Phi) is 34.5. The Bertz CT molecular complexity index is 4800. The summed E-state index contributed by atoms with van der Waals surface area (Å²) in [6.07, 6.45) is 9.92. The van der Waals surface area contributed by atoms with Crippen molar-refractivity contribution in [2.24, 2.45) is 5.73 Å². The van der Waals surface area contributed by atoms with E-state index in [2.05, 4.69) is 86.1 Å². The molecule has 6 aliphatic rings. The Labute approximate surface area is 703 Å². The monoisotopic (exact) mass is 1800 g/mol. The van der Waals surface area contributed by atoms with Crippen LogP contribution in [0.5, 0.6) is 23.0 Å². The number of ketones is 1. The molecule has 33 heteroatoms. The zero-order chi connectivity index (χ0) is 79.3. The number of nitrogens with zero attached hydrogens (tertiary/aromatic N) is 4. The van der Waals surface area contributed by atoms with Gasteiger partial charge in [0.05, 0.1) is 58.7 Å². The molecule has 588 valence electrons. The molecule has 14 rings (SSSR count). The molecule has 10 heterocycles. The second-order valence-electron chi connectivity index (χ2n) is 26.7. The molecule has 2 fully saturated rings. The van der Waals surface area contributed by atoms with Gasteiger partial charge in [0, 0.05) is 68.8 Å². The third kappa shape index (κ3) is 25.9. The van der Waals surface area contributed by atoms with Gasteiger partial charge in [-0.25, -0.2) is 34.3 Å². The first-order chi connectivity index (χ1) is 50.7. The van der Waals surface area contributed by atoms with Crippen LogP contribution < -0.4 is 41.7 Å². The van der Waals surface area contributed by atoms with Gasteiger partial charge in [-0.15, -0.1) is 51.8 Å². The molecular formula is C78H84Br3MgN5O20S4. The third-order valence-corrected chi connectivity index (χ3v) is 21.3. The van der Waals surface area contributed by atoms with Crippen molar-refractivity contribution in [1.29, 1.82) is 0 Å². The van der Waals surface area contributed by atoms with E-state index in [1.807, 2.05) is 30.3 Å². The summed E-state index contributed by atoms with van der Waals surface area (Å²) < 4.78 is 48.3. The van der Waals surface area contributed by atoms with Crippen LogP contribution in [-0.2, 0) is 40.5 Å². The number of hydrogen-bond donors (Lipinski definition) is 7. The Morgan fingerprint density at radius 2 is 0.820 bits per heavy atom. The molecule has 4 aromatic heterocycles. The number of carbonyl (C=O) groups excluding carboxylic acids is 5. The number of ether oxygens (including phenoxy) is 9. The number of fused-ring (bicyclic) bond motifs is 12. The molecule has 0 aliphatic carbocycles. The minimum Gasteiger partial charge on any atom is -1.00 e. The molecule has 3 atom stereocenters. The normalized spacial score (nSPS) is 17.5. The third-order valence-electron chi connectivity index (χ3n) is 15.3. The maximum atomic E-state index is 12.1. The number of carbonyl (C=O) groups is 5. The summed E-state index contributed by atoms with van der Waals surface area (Å²) in [5, 5.41) is 60.9. The average Bonchev–Trinajstić information content (AvgIpc) is 1.65. The molecule has 0 spiro atoms. The van der Waals surface area contributed by atoms with Gasteiger partial charge in [-0.2, -0.15) is 0 Å². The molecule has 2 saturated heterocycles. The Balaban J connectivity index is 0.000000246. The molecule has 25 nitrogen and oxygen atoms in total. The van der Waals surface area contributed by atoms with Crippen LogP contribution in [0.15, 0.2) is 81.7 Å². The second kappa shape index (κ2) is 40.6. The minimum atomic E-state index is -1.29. The molecule has 3 unspecified atom stereocenters. The summed E-state index contributed by atoms with van der Waals surface area (Å²) in [7, 11) is 3.87. The fourth-order valence-corrected chi connectivity index (χ4v) is 14.6. The van der Waals surface area contributed by atoms with E-state index in [1.165, 1.54) is 47.0 Å². The quantitative estimate of drug-likeness (QED) is 0.0284. The van der Waals surface area contributed by atoms with Gasteiger partial charge in [-0.1, -0.05) is 61.5 Å². The van der Waals surface area contributed by atoms with Gasteiger partial charge in [-0.3, -0.25) is 9.59 Å². The Hall–Kier alpha value is -7.28. The maximum Gasteiger partial charge on any atom is 2.00 e. The first-order valence-electron chi connectivity index (χ1n) is 33.3. The molecule has 0 saturated carbocycles. The number of benzene rings is 4. The van der Waals surface area contributed by atoms with Gasteiger partial charge in [0.15, 0.2) is 11.6 Å². The summed E-state index contributed by atoms with van der Waals surface area (Å²) in [5.41, 5.74) is 4.34. The number of aromatic nitrogens is 4. The Morgan fingerprint density at radius 3 is 1.14 bits per heavy atom. The predicted octanol–water partition coefficient (Wildman–Crippen LogP) is 8.90. The number of primary amides is 1. The summed E-state index contributed by atoms with van der Waals surface area (Å²) in [4.78, 5) is 78.1. The fourth-order valence-electron chi connectivity index (χ4n) is 9.92. The van der Waals surface area contributed by atoms with Crippen molar-refractivity contribution in [2.75, 3.05) is 74.2 Å². The number of nitrogens with two attached hydrogens (primary N) is 1. The number of aliphatic hydroxyl groups is 6. The largest absolute Gasteiger partial charge is 2.00 e. The topological polar surface area (TPSA) is 367 Å². The average molecular weight is 1800 g/mol. The van der Waals surface area contributed by atoms with Crippen molar-refractivity contribution >= 4 is 130 Å². The van der Waals surface area contributed by atoms with Crippen LogP contribution >= 0.6 is 77.2 Å². The molecule has 0 radical (unpaired) electrons. The van der Waals surface area contributed by atoms with Gasteiger partial charge in [0.1, 0.15) is 81.3 Å². The Morgan fingerprint density at radius 1 is 0.514 bits per heavy atom. The van der Waals surface area contributed by atoms with Gasteiger partial charge in [-0.05, 0) is 161 Å². The summed E-state index contributed by atoms with van der Waals surface area (Å²) in [5.74, 6) is 13.3. The molecule has 0 bridgehead atoms. The van der Waals surface area contributed by atoms with Crippen molar-refractivity contribution in [3.63, 3.8) is 0 Å². The smallest absolute Gasteiger partial charge is 1.00 e. The van der Waals surface area contributed by atoms with Crippen LogP contribution in [0.3, 0.4) is 0 Å². The second-order valence-corrected chi connectivity index (χ2v) is 32.5. The zero-order valence-corrected chi connectivity index (χ0v) is 72.7. The molecule has 8 N–H and O–H groups in total. The van der Waals surface area contributed by atoms with Crippen molar-refractivity contribution < 1.29 is 114 Å². The van der Waals surface area contributed by atoms with Crippen LogP contribution in [0.2, 0.25) is 0 Å². The number of amides is 1. The first-order valence-corrected chi connectivity index (χ1v) is 38.2. The van der Waals surface area contributed by atoms with E-state index in [0.717, 1.165) is 86.3 Å². The van der Waals surface area contributed by atoms with E-state index < -0.39 is 57.4 Å². The fraction of sp³-hybridized carbons (Fsp3) is 0.385. The van der Waals surface area contributed by atoms with E-state index in [9.17, 15) is 49.5 Å². The summed E-state index contributed by atoms with van der Waals surface area (Å²) >= 11 is 11.1. The number of terminal acetylenes is 1.